The van der Waals surface area contributed by atoms with Crippen LogP contribution in [0.25, 0.3) is 0 Å². The van der Waals surface area contributed by atoms with Gasteiger partial charge in [0.1, 0.15) is 5.60 Å². The fraction of sp³-hybridized carbons (Fsp3) is 0.933. The van der Waals surface area contributed by atoms with E-state index in [9.17, 15) is 9.90 Å². The number of aliphatic hydroxyl groups is 1. The Hall–Kier alpha value is -0.810. The largest absolute Gasteiger partial charge is 0.444 e. The summed E-state index contributed by atoms with van der Waals surface area (Å²) in [5.41, 5.74) is -0.439. The van der Waals surface area contributed by atoms with Crippen molar-refractivity contribution < 1.29 is 14.6 Å². The molecule has 0 saturated carbocycles. The van der Waals surface area contributed by atoms with Crippen LogP contribution in [0.3, 0.4) is 0 Å². The van der Waals surface area contributed by atoms with Crippen molar-refractivity contribution in [1.29, 1.82) is 0 Å². The molecule has 0 radical (unpaired) electrons. The van der Waals surface area contributed by atoms with E-state index in [1.54, 1.807) is 4.90 Å². The first-order chi connectivity index (χ1) is 9.35. The van der Waals surface area contributed by atoms with Gasteiger partial charge >= 0.3 is 6.09 Å². The number of likely N-dealkylation sites (tertiary alicyclic amines) is 1. The predicted molar refractivity (Wildman–Crippen MR) is 79.7 cm³/mol. The molecule has 1 aliphatic rings. The molecule has 1 heterocycles. The zero-order valence-corrected chi connectivity index (χ0v) is 13.3. The van der Waals surface area contributed by atoms with Gasteiger partial charge in [0.2, 0.25) is 0 Å². The number of nitrogens with zero attached hydrogens (tertiary/aromatic N) is 1. The minimum Gasteiger partial charge on any atom is -0.444 e. The van der Waals surface area contributed by atoms with Gasteiger partial charge in [-0.25, -0.2) is 4.79 Å². The molecule has 0 aromatic heterocycles. The molecule has 1 rings (SSSR count). The Bertz CT molecular complexity index is 298. The summed E-state index contributed by atoms with van der Waals surface area (Å²) in [6, 6.07) is 0.535. The zero-order chi connectivity index (χ0) is 15.2. The molecule has 20 heavy (non-hydrogen) atoms. The molecule has 1 amide bonds. The molecule has 1 aliphatic heterocycles. The molecule has 0 spiro atoms. The van der Waals surface area contributed by atoms with Crippen molar-refractivity contribution in [2.24, 2.45) is 0 Å². The van der Waals surface area contributed by atoms with Crippen LogP contribution in [0.2, 0.25) is 0 Å². The van der Waals surface area contributed by atoms with E-state index in [-0.39, 0.29) is 18.7 Å². The summed E-state index contributed by atoms with van der Waals surface area (Å²) in [4.78, 5) is 13.8. The van der Waals surface area contributed by atoms with E-state index in [1.807, 2.05) is 20.8 Å². The second kappa shape index (κ2) is 7.84. The number of ether oxygens (including phenoxy) is 1. The third kappa shape index (κ3) is 6.09. The highest BCUT2D eigenvalue weighted by atomic mass is 16.6. The number of hydrogen-bond acceptors (Lipinski definition) is 4. The lowest BCUT2D eigenvalue weighted by atomic mass is 10.1. The van der Waals surface area contributed by atoms with Crippen LogP contribution >= 0.6 is 0 Å². The Balaban J connectivity index is 2.44. The van der Waals surface area contributed by atoms with Crippen LogP contribution in [-0.4, -0.2) is 53.5 Å². The fourth-order valence-corrected chi connectivity index (χ4v) is 2.41. The average Bonchev–Trinajstić information content (AvgIpc) is 2.59. The quantitative estimate of drug-likeness (QED) is 0.831. The summed E-state index contributed by atoms with van der Waals surface area (Å²) in [5.74, 6) is 0. The molecule has 2 atom stereocenters. The van der Waals surface area contributed by atoms with Gasteiger partial charge in [0, 0.05) is 25.2 Å². The van der Waals surface area contributed by atoms with Gasteiger partial charge in [-0.3, -0.25) is 0 Å². The highest BCUT2D eigenvalue weighted by molar-refractivity contribution is 5.68. The summed E-state index contributed by atoms with van der Waals surface area (Å²) in [6.07, 6.45) is 3.62. The lowest BCUT2D eigenvalue weighted by molar-refractivity contribution is 0.0255. The molecule has 0 aromatic carbocycles. The van der Waals surface area contributed by atoms with Crippen LogP contribution in [0.4, 0.5) is 4.79 Å². The van der Waals surface area contributed by atoms with E-state index >= 15 is 0 Å². The number of hydrogen-bond donors (Lipinski definition) is 2. The maximum atomic E-state index is 12.1. The van der Waals surface area contributed by atoms with Crippen molar-refractivity contribution >= 4 is 6.09 Å². The zero-order valence-electron chi connectivity index (χ0n) is 13.3. The highest BCUT2D eigenvalue weighted by Gasteiger charge is 2.25. The monoisotopic (exact) mass is 286 g/mol. The van der Waals surface area contributed by atoms with Gasteiger partial charge < -0.3 is 20.1 Å². The minimum atomic E-state index is -0.439. The topological polar surface area (TPSA) is 61.8 Å². The van der Waals surface area contributed by atoms with Gasteiger partial charge in [-0.2, -0.15) is 0 Å². The van der Waals surface area contributed by atoms with Gasteiger partial charge in [0.15, 0.2) is 0 Å². The molecule has 0 bridgehead atoms. The first-order valence-electron chi connectivity index (χ1n) is 7.70. The van der Waals surface area contributed by atoms with Crippen molar-refractivity contribution in [2.45, 2.75) is 71.1 Å². The third-order valence-corrected chi connectivity index (χ3v) is 3.56. The standard InChI is InChI=1S/C15H30N2O3/c1-5-12(11-18)16-13-7-6-9-17(10-8-13)14(19)20-15(2,3)4/h12-13,16,18H,5-11H2,1-4H3/t12-,13?/m1/s1. The normalized spacial score (nSPS) is 22.2. The third-order valence-electron chi connectivity index (χ3n) is 3.56. The van der Waals surface area contributed by atoms with E-state index < -0.39 is 5.60 Å². The molecule has 5 nitrogen and oxygen atoms in total. The van der Waals surface area contributed by atoms with E-state index in [0.29, 0.717) is 12.6 Å². The van der Waals surface area contributed by atoms with E-state index in [1.165, 1.54) is 0 Å². The summed E-state index contributed by atoms with van der Waals surface area (Å²) < 4.78 is 5.42. The minimum absolute atomic E-state index is 0.160. The van der Waals surface area contributed by atoms with Crippen LogP contribution in [0.5, 0.6) is 0 Å². The summed E-state index contributed by atoms with van der Waals surface area (Å²) in [7, 11) is 0. The van der Waals surface area contributed by atoms with Crippen LogP contribution in [0.15, 0.2) is 0 Å². The lowest BCUT2D eigenvalue weighted by Crippen LogP contribution is -2.41. The smallest absolute Gasteiger partial charge is 0.410 e. The number of aliphatic hydroxyl groups excluding tert-OH is 1. The Morgan fingerprint density at radius 2 is 2.10 bits per heavy atom. The molecule has 5 heteroatoms. The predicted octanol–water partition coefficient (Wildman–Crippen LogP) is 2.14. The first kappa shape index (κ1) is 17.2. The van der Waals surface area contributed by atoms with Crippen LogP contribution < -0.4 is 5.32 Å². The number of carbonyl (C=O) groups is 1. The van der Waals surface area contributed by atoms with Crippen LogP contribution in [0, 0.1) is 0 Å². The van der Waals surface area contributed by atoms with Gasteiger partial charge in [0.25, 0.3) is 0 Å². The Morgan fingerprint density at radius 1 is 1.40 bits per heavy atom. The molecule has 118 valence electrons. The second-order valence-electron chi connectivity index (χ2n) is 6.55. The molecule has 0 aromatic rings. The molecule has 1 saturated heterocycles. The van der Waals surface area contributed by atoms with Crippen LogP contribution in [0.1, 0.15) is 53.4 Å². The summed E-state index contributed by atoms with van der Waals surface area (Å²) >= 11 is 0. The fourth-order valence-electron chi connectivity index (χ4n) is 2.41. The maximum absolute atomic E-state index is 12.1. The van der Waals surface area contributed by atoms with Crippen LogP contribution in [-0.2, 0) is 4.74 Å². The summed E-state index contributed by atoms with van der Waals surface area (Å²) in [6.45, 7) is 9.37. The average molecular weight is 286 g/mol. The molecular formula is C15H30N2O3. The molecule has 0 aliphatic carbocycles. The van der Waals surface area contributed by atoms with Gasteiger partial charge in [-0.1, -0.05) is 6.92 Å². The SMILES string of the molecule is CC[C@H](CO)NC1CCCN(C(=O)OC(C)(C)C)CC1. The van der Waals surface area contributed by atoms with Gasteiger partial charge in [-0.05, 0) is 46.5 Å². The Morgan fingerprint density at radius 3 is 2.65 bits per heavy atom. The van der Waals surface area contributed by atoms with Crippen molar-refractivity contribution in [1.82, 2.24) is 10.2 Å². The van der Waals surface area contributed by atoms with Crippen molar-refractivity contribution in [3.05, 3.63) is 0 Å². The maximum Gasteiger partial charge on any atom is 0.410 e. The number of carbonyl (C=O) groups excluding carboxylic acids is 1. The lowest BCUT2D eigenvalue weighted by Gasteiger charge is -2.26. The number of rotatable bonds is 4. The number of nitrogens with one attached hydrogen (secondary N) is 1. The summed E-state index contributed by atoms with van der Waals surface area (Å²) in [5, 5.41) is 12.7. The molecule has 1 fully saturated rings. The van der Waals surface area contributed by atoms with Crippen molar-refractivity contribution in [3.8, 4) is 0 Å². The number of amides is 1. The highest BCUT2D eigenvalue weighted by Crippen LogP contribution is 2.16. The molecule has 1 unspecified atom stereocenters. The van der Waals surface area contributed by atoms with E-state index in [2.05, 4.69) is 12.2 Å². The molecular weight excluding hydrogens is 256 g/mol. The van der Waals surface area contributed by atoms with Gasteiger partial charge in [-0.15, -0.1) is 0 Å². The first-order valence-corrected chi connectivity index (χ1v) is 7.70. The van der Waals surface area contributed by atoms with Crippen molar-refractivity contribution in [3.63, 3.8) is 0 Å². The second-order valence-corrected chi connectivity index (χ2v) is 6.55. The van der Waals surface area contributed by atoms with Gasteiger partial charge in [0.05, 0.1) is 6.61 Å². The van der Waals surface area contributed by atoms with Crippen molar-refractivity contribution in [2.75, 3.05) is 19.7 Å². The van der Waals surface area contributed by atoms with E-state index in [0.717, 1.165) is 32.2 Å². The molecule has 2 N–H and O–H groups in total. The Labute approximate surface area is 122 Å². The Kier molecular flexibility index (Phi) is 6.76. The van der Waals surface area contributed by atoms with E-state index in [4.69, 9.17) is 4.74 Å².